The Kier molecular flexibility index (Phi) is 9.46. The second kappa shape index (κ2) is 12.7. The van der Waals surface area contributed by atoms with Gasteiger partial charge < -0.3 is 19.7 Å². The molecule has 1 amide bonds. The quantitative estimate of drug-likeness (QED) is 0.447. The highest BCUT2D eigenvalue weighted by atomic mass is 16.1. The largest absolute Gasteiger partial charge is 0.352 e. The molecule has 188 valence electrons. The van der Waals surface area contributed by atoms with Crippen LogP contribution in [0.3, 0.4) is 0 Å². The summed E-state index contributed by atoms with van der Waals surface area (Å²) in [5.41, 5.74) is 2.01. The fourth-order valence-electron chi connectivity index (χ4n) is 5.97. The molecule has 34 heavy (non-hydrogen) atoms. The highest BCUT2D eigenvalue weighted by Gasteiger charge is 2.26. The molecule has 1 atom stereocenters. The van der Waals surface area contributed by atoms with Crippen molar-refractivity contribution < 1.29 is 4.79 Å². The highest BCUT2D eigenvalue weighted by Crippen LogP contribution is 2.24. The number of aryl methyl sites for hydroxylation is 1. The van der Waals surface area contributed by atoms with Crippen LogP contribution in [-0.4, -0.2) is 65.6 Å². The Balaban J connectivity index is 1.29. The van der Waals surface area contributed by atoms with Crippen molar-refractivity contribution in [3.05, 3.63) is 36.0 Å². The summed E-state index contributed by atoms with van der Waals surface area (Å²) in [6.07, 6.45) is 13.4. The number of nitrogens with zero attached hydrogens (tertiary/aromatic N) is 3. The van der Waals surface area contributed by atoms with Gasteiger partial charge in [0.15, 0.2) is 0 Å². The minimum Gasteiger partial charge on any atom is -0.352 e. The Bertz CT molecular complexity index is 893. The van der Waals surface area contributed by atoms with Crippen LogP contribution < -0.4 is 5.32 Å². The van der Waals surface area contributed by atoms with Gasteiger partial charge in [0.25, 0.3) is 5.91 Å². The van der Waals surface area contributed by atoms with Crippen LogP contribution in [0.4, 0.5) is 0 Å². The molecule has 5 nitrogen and oxygen atoms in total. The first kappa shape index (κ1) is 25.2. The van der Waals surface area contributed by atoms with Gasteiger partial charge in [0, 0.05) is 36.2 Å². The number of unbranched alkanes of at least 4 members (excludes halogenated alkanes) is 1. The first-order valence-corrected chi connectivity index (χ1v) is 14.0. The van der Waals surface area contributed by atoms with E-state index in [2.05, 4.69) is 57.9 Å². The van der Waals surface area contributed by atoms with Crippen molar-refractivity contribution in [1.29, 1.82) is 0 Å². The Morgan fingerprint density at radius 2 is 1.79 bits per heavy atom. The summed E-state index contributed by atoms with van der Waals surface area (Å²) in [4.78, 5) is 18.5. The van der Waals surface area contributed by atoms with E-state index >= 15 is 0 Å². The summed E-state index contributed by atoms with van der Waals surface area (Å²) >= 11 is 0. The summed E-state index contributed by atoms with van der Waals surface area (Å²) in [5, 5.41) is 4.31. The zero-order chi connectivity index (χ0) is 23.8. The minimum atomic E-state index is 0.0777. The molecule has 2 fully saturated rings. The van der Waals surface area contributed by atoms with Crippen molar-refractivity contribution in [2.75, 3.05) is 39.3 Å². The van der Waals surface area contributed by atoms with Gasteiger partial charge in [-0.2, -0.15) is 0 Å². The maximum Gasteiger partial charge on any atom is 0.253 e. The number of piperidine rings is 1. The maximum atomic E-state index is 13.1. The van der Waals surface area contributed by atoms with Crippen LogP contribution in [0, 0.1) is 5.92 Å². The van der Waals surface area contributed by atoms with E-state index in [0.717, 1.165) is 49.5 Å². The van der Waals surface area contributed by atoms with Crippen molar-refractivity contribution in [3.63, 3.8) is 0 Å². The zero-order valence-electron chi connectivity index (χ0n) is 21.6. The van der Waals surface area contributed by atoms with Crippen molar-refractivity contribution >= 4 is 16.8 Å². The predicted octanol–water partition coefficient (Wildman–Crippen LogP) is 5.54. The van der Waals surface area contributed by atoms with Crippen molar-refractivity contribution in [1.82, 2.24) is 19.7 Å². The second-order valence-corrected chi connectivity index (χ2v) is 10.5. The van der Waals surface area contributed by atoms with Crippen LogP contribution in [0.1, 0.15) is 82.0 Å². The summed E-state index contributed by atoms with van der Waals surface area (Å²) in [6.45, 7) is 12.5. The normalized spacial score (nSPS) is 19.1. The number of amides is 1. The van der Waals surface area contributed by atoms with Crippen molar-refractivity contribution in [3.8, 4) is 0 Å². The van der Waals surface area contributed by atoms with Crippen LogP contribution in [-0.2, 0) is 6.54 Å². The van der Waals surface area contributed by atoms with Crippen LogP contribution in [0.25, 0.3) is 10.9 Å². The molecular formula is C29H46N4O. The number of benzene rings is 1. The summed E-state index contributed by atoms with van der Waals surface area (Å²) in [5.74, 6) is 0.653. The number of rotatable bonds is 12. The molecular weight excluding hydrogens is 420 g/mol. The van der Waals surface area contributed by atoms with E-state index in [1.54, 1.807) is 0 Å². The monoisotopic (exact) mass is 466 g/mol. The van der Waals surface area contributed by atoms with Crippen LogP contribution in [0.15, 0.2) is 30.5 Å². The third-order valence-electron chi connectivity index (χ3n) is 8.22. The number of fused-ring (bicyclic) bond motifs is 1. The Morgan fingerprint density at radius 3 is 2.53 bits per heavy atom. The molecule has 2 aliphatic heterocycles. The fourth-order valence-corrected chi connectivity index (χ4v) is 5.97. The lowest BCUT2D eigenvalue weighted by atomic mass is 9.99. The topological polar surface area (TPSA) is 40.5 Å². The number of hydrogen-bond acceptors (Lipinski definition) is 3. The van der Waals surface area contributed by atoms with E-state index in [1.165, 1.54) is 76.6 Å². The molecule has 1 N–H and O–H groups in total. The predicted molar refractivity (Wildman–Crippen MR) is 142 cm³/mol. The van der Waals surface area contributed by atoms with Gasteiger partial charge >= 0.3 is 0 Å². The van der Waals surface area contributed by atoms with Gasteiger partial charge in [-0.15, -0.1) is 0 Å². The number of para-hydroxylation sites is 1. The van der Waals surface area contributed by atoms with Gasteiger partial charge in [0.1, 0.15) is 0 Å². The third kappa shape index (κ3) is 6.42. The Hall–Kier alpha value is -1.85. The first-order valence-electron chi connectivity index (χ1n) is 14.0. The standard InChI is InChI=1S/C29H46N4O/c1-3-5-11-24(4-2)22-30-29(34)27-23-33(28-13-7-6-12-26(27)28)19-10-16-31-20-14-25(15-21-31)32-17-8-9-18-32/h6-7,12-13,23-25H,3-5,8-11,14-22H2,1-2H3,(H,30,34). The van der Waals surface area contributed by atoms with E-state index in [4.69, 9.17) is 0 Å². The maximum absolute atomic E-state index is 13.1. The molecule has 1 aromatic heterocycles. The average Bonchev–Trinajstić information content (AvgIpc) is 3.53. The van der Waals surface area contributed by atoms with Crippen molar-refractivity contribution in [2.45, 2.75) is 84.2 Å². The minimum absolute atomic E-state index is 0.0777. The van der Waals surface area contributed by atoms with E-state index in [9.17, 15) is 4.79 Å². The van der Waals surface area contributed by atoms with Gasteiger partial charge in [-0.25, -0.2) is 0 Å². The van der Waals surface area contributed by atoms with Gasteiger partial charge in [-0.1, -0.05) is 51.3 Å². The summed E-state index contributed by atoms with van der Waals surface area (Å²) < 4.78 is 2.30. The lowest BCUT2D eigenvalue weighted by Crippen LogP contribution is -2.44. The van der Waals surface area contributed by atoms with Gasteiger partial charge in [-0.3, -0.25) is 4.79 Å². The Labute approximate surface area is 206 Å². The SMILES string of the molecule is CCCCC(CC)CNC(=O)c1cn(CCCN2CCC(N3CCCC3)CC2)c2ccccc12. The Morgan fingerprint density at radius 1 is 1.03 bits per heavy atom. The van der Waals surface area contributed by atoms with E-state index in [1.807, 2.05) is 6.07 Å². The summed E-state index contributed by atoms with van der Waals surface area (Å²) in [6, 6.07) is 9.20. The smallest absolute Gasteiger partial charge is 0.253 e. The zero-order valence-corrected chi connectivity index (χ0v) is 21.6. The number of carbonyl (C=O) groups excluding carboxylic acids is 1. The lowest BCUT2D eigenvalue weighted by Gasteiger charge is -2.36. The molecule has 1 aromatic carbocycles. The van der Waals surface area contributed by atoms with E-state index in [-0.39, 0.29) is 5.91 Å². The number of aromatic nitrogens is 1. The third-order valence-corrected chi connectivity index (χ3v) is 8.22. The molecule has 4 rings (SSSR count). The molecule has 2 aromatic rings. The number of nitrogens with one attached hydrogen (secondary N) is 1. The molecule has 0 aliphatic carbocycles. The molecule has 0 spiro atoms. The number of hydrogen-bond donors (Lipinski definition) is 1. The summed E-state index contributed by atoms with van der Waals surface area (Å²) in [7, 11) is 0. The highest BCUT2D eigenvalue weighted by molar-refractivity contribution is 6.07. The van der Waals surface area contributed by atoms with Gasteiger partial charge in [0.2, 0.25) is 0 Å². The molecule has 5 heteroatoms. The van der Waals surface area contributed by atoms with E-state index < -0.39 is 0 Å². The van der Waals surface area contributed by atoms with E-state index in [0.29, 0.717) is 5.92 Å². The molecule has 2 aliphatic rings. The first-order chi connectivity index (χ1) is 16.7. The molecule has 0 radical (unpaired) electrons. The molecule has 0 saturated carbocycles. The number of carbonyl (C=O) groups is 1. The fraction of sp³-hybridized carbons (Fsp3) is 0.690. The molecule has 2 saturated heterocycles. The van der Waals surface area contributed by atoms with Crippen LogP contribution in [0.5, 0.6) is 0 Å². The van der Waals surface area contributed by atoms with Crippen molar-refractivity contribution in [2.24, 2.45) is 5.92 Å². The van der Waals surface area contributed by atoms with Gasteiger partial charge in [0.05, 0.1) is 5.56 Å². The average molecular weight is 467 g/mol. The van der Waals surface area contributed by atoms with Crippen LogP contribution in [0.2, 0.25) is 0 Å². The second-order valence-electron chi connectivity index (χ2n) is 10.5. The van der Waals surface area contributed by atoms with Crippen LogP contribution >= 0.6 is 0 Å². The molecule has 0 bridgehead atoms. The lowest BCUT2D eigenvalue weighted by molar-refractivity contribution is 0.0947. The molecule has 1 unspecified atom stereocenters. The molecule has 3 heterocycles. The van der Waals surface area contributed by atoms with Gasteiger partial charge in [-0.05, 0) is 83.2 Å². The number of likely N-dealkylation sites (tertiary alicyclic amines) is 2.